The summed E-state index contributed by atoms with van der Waals surface area (Å²) in [5.74, 6) is 0.181. The monoisotopic (exact) mass is 464 g/mol. The van der Waals surface area contributed by atoms with Crippen LogP contribution in [0.1, 0.15) is 15.9 Å². The average Bonchev–Trinajstić information content (AvgIpc) is 3.25. The van der Waals surface area contributed by atoms with Crippen LogP contribution >= 0.6 is 23.1 Å². The number of nitrogens with zero attached hydrogens (tertiary/aromatic N) is 2. The maximum Gasteiger partial charge on any atom is 0.272 e. The first kappa shape index (κ1) is 22.1. The molecule has 0 radical (unpaired) electrons. The first-order valence-electron chi connectivity index (χ1n) is 8.72. The van der Waals surface area contributed by atoms with E-state index in [4.69, 9.17) is 9.47 Å². The molecule has 0 fully saturated rings. The lowest BCUT2D eigenvalue weighted by atomic mass is 10.1. The van der Waals surface area contributed by atoms with E-state index in [0.29, 0.717) is 10.1 Å². The summed E-state index contributed by atoms with van der Waals surface area (Å²) < 4.78 is 37.2. The van der Waals surface area contributed by atoms with Gasteiger partial charge in [0.1, 0.15) is 5.69 Å². The van der Waals surface area contributed by atoms with Gasteiger partial charge in [-0.25, -0.2) is 8.42 Å². The molecule has 2 heterocycles. The van der Waals surface area contributed by atoms with Crippen molar-refractivity contribution in [3.63, 3.8) is 0 Å². The maximum absolute atomic E-state index is 13.2. The predicted octanol–water partition coefficient (Wildman–Crippen LogP) is 4.06. The van der Waals surface area contributed by atoms with Crippen LogP contribution in [-0.2, 0) is 15.8 Å². The van der Waals surface area contributed by atoms with E-state index in [1.165, 1.54) is 30.6 Å². The quantitative estimate of drug-likeness (QED) is 0.465. The molecule has 0 saturated heterocycles. The SMILES string of the molecule is COc1ccc(N(C(=O)c2cccc(CSc3cccs3)c2)S(C)(=O)=O)c(OC)n1. The Hall–Kier alpha value is -2.56. The number of carbonyl (C=O) groups excluding carboxylic acids is 1. The second-order valence-corrected chi connectivity index (χ2v) is 10.2. The van der Waals surface area contributed by atoms with Crippen molar-refractivity contribution < 1.29 is 22.7 Å². The third-order valence-corrected chi connectivity index (χ3v) is 7.23. The highest BCUT2D eigenvalue weighted by Crippen LogP contribution is 2.32. The Labute approximate surface area is 183 Å². The van der Waals surface area contributed by atoms with Crippen molar-refractivity contribution in [2.24, 2.45) is 0 Å². The summed E-state index contributed by atoms with van der Waals surface area (Å²) in [6.07, 6.45) is 0.963. The molecule has 0 aliphatic heterocycles. The second kappa shape index (κ2) is 9.50. The number of hydrogen-bond donors (Lipinski definition) is 0. The number of methoxy groups -OCH3 is 2. The third kappa shape index (κ3) is 5.13. The number of ether oxygens (including phenoxy) is 2. The van der Waals surface area contributed by atoms with E-state index in [2.05, 4.69) is 4.98 Å². The number of thioether (sulfide) groups is 1. The van der Waals surface area contributed by atoms with Crippen LogP contribution in [-0.4, -0.2) is 39.8 Å². The van der Waals surface area contributed by atoms with Crippen molar-refractivity contribution in [2.75, 3.05) is 24.8 Å². The zero-order valence-electron chi connectivity index (χ0n) is 16.6. The Bertz CT molecular complexity index is 1130. The van der Waals surface area contributed by atoms with Crippen LogP contribution in [0.4, 0.5) is 5.69 Å². The van der Waals surface area contributed by atoms with Crippen LogP contribution in [0.5, 0.6) is 11.8 Å². The number of rotatable bonds is 8. The lowest BCUT2D eigenvalue weighted by Gasteiger charge is -2.22. The molecule has 1 aromatic carbocycles. The smallest absolute Gasteiger partial charge is 0.272 e. The van der Waals surface area contributed by atoms with Crippen molar-refractivity contribution in [1.82, 2.24) is 4.98 Å². The Morgan fingerprint density at radius 2 is 1.93 bits per heavy atom. The molecule has 7 nitrogen and oxygen atoms in total. The summed E-state index contributed by atoms with van der Waals surface area (Å²) in [6.45, 7) is 0. The summed E-state index contributed by atoms with van der Waals surface area (Å²) in [6, 6.07) is 13.8. The molecule has 3 aromatic rings. The Balaban J connectivity index is 1.94. The summed E-state index contributed by atoms with van der Waals surface area (Å²) in [4.78, 5) is 17.3. The molecule has 0 aliphatic rings. The van der Waals surface area contributed by atoms with Gasteiger partial charge in [-0.1, -0.05) is 18.2 Å². The van der Waals surface area contributed by atoms with Gasteiger partial charge in [-0.05, 0) is 35.2 Å². The van der Waals surface area contributed by atoms with Crippen molar-refractivity contribution in [3.05, 3.63) is 65.0 Å². The minimum atomic E-state index is -3.96. The van der Waals surface area contributed by atoms with Gasteiger partial charge in [0.25, 0.3) is 5.91 Å². The zero-order valence-corrected chi connectivity index (χ0v) is 19.0. The normalized spacial score (nSPS) is 11.2. The van der Waals surface area contributed by atoms with Gasteiger partial charge in [-0.15, -0.1) is 23.1 Å². The number of aromatic nitrogens is 1. The van der Waals surface area contributed by atoms with E-state index < -0.39 is 15.9 Å². The standard InChI is InChI=1S/C20H20N2O5S3/c1-26-17-10-9-16(19(21-17)27-2)22(30(3,24)25)20(23)15-7-4-6-14(12-15)13-29-18-8-5-11-28-18/h4-12H,13H2,1-3H3. The van der Waals surface area contributed by atoms with Crippen molar-refractivity contribution >= 4 is 44.7 Å². The van der Waals surface area contributed by atoms with Crippen LogP contribution in [0.15, 0.2) is 58.1 Å². The maximum atomic E-state index is 13.2. The third-order valence-electron chi connectivity index (χ3n) is 4.00. The van der Waals surface area contributed by atoms with Gasteiger partial charge in [-0.2, -0.15) is 9.29 Å². The molecule has 30 heavy (non-hydrogen) atoms. The molecule has 3 rings (SSSR count). The summed E-state index contributed by atoms with van der Waals surface area (Å²) in [5.41, 5.74) is 1.18. The molecule has 0 bridgehead atoms. The number of carbonyl (C=O) groups is 1. The predicted molar refractivity (Wildman–Crippen MR) is 119 cm³/mol. The topological polar surface area (TPSA) is 85.8 Å². The Kier molecular flexibility index (Phi) is 7.01. The molecular weight excluding hydrogens is 444 g/mol. The summed E-state index contributed by atoms with van der Waals surface area (Å²) in [7, 11) is -1.18. The molecule has 1 amide bonds. The van der Waals surface area contributed by atoms with E-state index in [-0.39, 0.29) is 23.0 Å². The fourth-order valence-corrected chi connectivity index (χ4v) is 5.31. The zero-order chi connectivity index (χ0) is 21.7. The van der Waals surface area contributed by atoms with Crippen LogP contribution in [0, 0.1) is 0 Å². The minimum absolute atomic E-state index is 0.0177. The van der Waals surface area contributed by atoms with Crippen LogP contribution in [0.25, 0.3) is 0 Å². The molecule has 0 aliphatic carbocycles. The molecular formula is C20H20N2O5S3. The van der Waals surface area contributed by atoms with Gasteiger partial charge in [0.2, 0.25) is 21.8 Å². The fraction of sp³-hybridized carbons (Fsp3) is 0.200. The van der Waals surface area contributed by atoms with Gasteiger partial charge < -0.3 is 9.47 Å². The molecule has 158 valence electrons. The Morgan fingerprint density at radius 3 is 2.57 bits per heavy atom. The highest BCUT2D eigenvalue weighted by Gasteiger charge is 2.30. The highest BCUT2D eigenvalue weighted by molar-refractivity contribution is 8.00. The molecule has 0 spiro atoms. The van der Waals surface area contributed by atoms with Crippen LogP contribution in [0.2, 0.25) is 0 Å². The van der Waals surface area contributed by atoms with Crippen molar-refractivity contribution in [3.8, 4) is 11.8 Å². The van der Waals surface area contributed by atoms with Gasteiger partial charge >= 0.3 is 0 Å². The number of sulfonamides is 1. The van der Waals surface area contributed by atoms with Crippen LogP contribution < -0.4 is 13.8 Å². The molecule has 10 heteroatoms. The molecule has 0 unspecified atom stereocenters. The lowest BCUT2D eigenvalue weighted by molar-refractivity contribution is 0.100. The van der Waals surface area contributed by atoms with E-state index >= 15 is 0 Å². The summed E-state index contributed by atoms with van der Waals surface area (Å²) in [5, 5.41) is 2.00. The van der Waals surface area contributed by atoms with Gasteiger partial charge in [0.05, 0.1) is 24.7 Å². The second-order valence-electron chi connectivity index (χ2n) is 6.14. The first-order chi connectivity index (χ1) is 14.3. The molecule has 0 atom stereocenters. The van der Waals surface area contributed by atoms with E-state index in [1.54, 1.807) is 41.3 Å². The molecule has 2 aromatic heterocycles. The van der Waals surface area contributed by atoms with Gasteiger partial charge in [0.15, 0.2) is 0 Å². The first-order valence-corrected chi connectivity index (χ1v) is 12.4. The number of thiophene rings is 1. The number of hydrogen-bond acceptors (Lipinski definition) is 8. The van der Waals surface area contributed by atoms with E-state index in [0.717, 1.165) is 11.8 Å². The van der Waals surface area contributed by atoms with Gasteiger partial charge in [0, 0.05) is 17.4 Å². The number of pyridine rings is 1. The van der Waals surface area contributed by atoms with Crippen LogP contribution in [0.3, 0.4) is 0 Å². The number of amides is 1. The fourth-order valence-electron chi connectivity index (χ4n) is 2.68. The molecule has 0 N–H and O–H groups in total. The number of benzene rings is 1. The minimum Gasteiger partial charge on any atom is -0.481 e. The van der Waals surface area contributed by atoms with E-state index in [1.807, 2.05) is 23.6 Å². The van der Waals surface area contributed by atoms with Crippen molar-refractivity contribution in [1.29, 1.82) is 0 Å². The Morgan fingerprint density at radius 1 is 1.13 bits per heavy atom. The molecule has 0 saturated carbocycles. The lowest BCUT2D eigenvalue weighted by Crippen LogP contribution is -2.36. The van der Waals surface area contributed by atoms with Crippen molar-refractivity contribution in [2.45, 2.75) is 9.96 Å². The number of anilines is 1. The highest BCUT2D eigenvalue weighted by atomic mass is 32.2. The average molecular weight is 465 g/mol. The van der Waals surface area contributed by atoms with Gasteiger partial charge in [-0.3, -0.25) is 4.79 Å². The summed E-state index contributed by atoms with van der Waals surface area (Å²) >= 11 is 3.30. The van der Waals surface area contributed by atoms with E-state index in [9.17, 15) is 13.2 Å². The largest absolute Gasteiger partial charge is 0.481 e.